The van der Waals surface area contributed by atoms with Crippen LogP contribution in [0.15, 0.2) is 18.2 Å². The second-order valence-electron chi connectivity index (χ2n) is 8.56. The molecule has 3 heterocycles. The van der Waals surface area contributed by atoms with Crippen molar-refractivity contribution in [2.45, 2.75) is 38.5 Å². The Kier molecular flexibility index (Phi) is 8.87. The number of rotatable bonds is 5. The predicted octanol–water partition coefficient (Wildman–Crippen LogP) is 1.71. The van der Waals surface area contributed by atoms with E-state index in [2.05, 4.69) is 15.5 Å². The van der Waals surface area contributed by atoms with E-state index in [4.69, 9.17) is 10.5 Å². The van der Waals surface area contributed by atoms with Gasteiger partial charge in [0.15, 0.2) is 0 Å². The molecule has 9 heteroatoms. The summed E-state index contributed by atoms with van der Waals surface area (Å²) in [5, 5.41) is 5.64. The summed E-state index contributed by atoms with van der Waals surface area (Å²) in [6, 6.07) is 3.99. The summed E-state index contributed by atoms with van der Waals surface area (Å²) < 4.78 is 5.15. The van der Waals surface area contributed by atoms with E-state index in [9.17, 15) is 14.4 Å². The monoisotopic (exact) mass is 445 g/mol. The summed E-state index contributed by atoms with van der Waals surface area (Å²) in [6.07, 6.45) is 7.32. The molecule has 4 rings (SSSR count). The van der Waals surface area contributed by atoms with Crippen molar-refractivity contribution in [1.82, 2.24) is 15.5 Å². The molecule has 1 aromatic rings. The van der Waals surface area contributed by atoms with Crippen molar-refractivity contribution >= 4 is 23.5 Å². The van der Waals surface area contributed by atoms with Gasteiger partial charge in [-0.2, -0.15) is 0 Å². The van der Waals surface area contributed by atoms with Gasteiger partial charge in [-0.15, -0.1) is 0 Å². The van der Waals surface area contributed by atoms with E-state index in [0.717, 1.165) is 5.92 Å². The molecule has 4 N–H and O–H groups in total. The summed E-state index contributed by atoms with van der Waals surface area (Å²) in [5.74, 6) is 0.484. The summed E-state index contributed by atoms with van der Waals surface area (Å²) in [7, 11) is 1.45. The van der Waals surface area contributed by atoms with Gasteiger partial charge in [-0.05, 0) is 76.0 Å². The Balaban J connectivity index is 0.000000193. The van der Waals surface area contributed by atoms with Gasteiger partial charge >= 0.3 is 6.03 Å². The van der Waals surface area contributed by atoms with Crippen LogP contribution in [0, 0.1) is 5.92 Å². The first kappa shape index (κ1) is 24.0. The van der Waals surface area contributed by atoms with E-state index >= 15 is 0 Å². The molecule has 32 heavy (non-hydrogen) atoms. The number of imide groups is 1. The number of amides is 4. The number of likely N-dealkylation sites (tertiary alicyclic amines) is 1. The van der Waals surface area contributed by atoms with Crippen LogP contribution >= 0.6 is 0 Å². The third kappa shape index (κ3) is 6.67. The molecule has 0 aliphatic carbocycles. The van der Waals surface area contributed by atoms with Gasteiger partial charge < -0.3 is 20.7 Å². The lowest BCUT2D eigenvalue weighted by atomic mass is 9.96. The van der Waals surface area contributed by atoms with Gasteiger partial charge in [0.1, 0.15) is 5.75 Å². The molecule has 0 aromatic heterocycles. The summed E-state index contributed by atoms with van der Waals surface area (Å²) in [5.41, 5.74) is 5.88. The highest BCUT2D eigenvalue weighted by Crippen LogP contribution is 2.30. The Hall–Kier alpha value is -2.65. The fourth-order valence-corrected chi connectivity index (χ4v) is 4.42. The summed E-state index contributed by atoms with van der Waals surface area (Å²) in [4.78, 5) is 38.1. The number of methoxy groups -OCH3 is 1. The molecule has 9 nitrogen and oxygen atoms in total. The van der Waals surface area contributed by atoms with E-state index in [1.54, 1.807) is 6.07 Å². The topological polar surface area (TPSA) is 117 Å². The number of carbonyl (C=O) groups is 3. The quantitative estimate of drug-likeness (QED) is 0.635. The minimum atomic E-state index is -0.600. The zero-order chi connectivity index (χ0) is 22.9. The molecule has 1 aromatic carbocycles. The summed E-state index contributed by atoms with van der Waals surface area (Å²) in [6.45, 7) is 6.83. The fourth-order valence-electron chi connectivity index (χ4n) is 4.42. The van der Waals surface area contributed by atoms with Gasteiger partial charge in [-0.1, -0.05) is 6.42 Å². The minimum Gasteiger partial charge on any atom is -0.495 e. The van der Waals surface area contributed by atoms with Crippen LogP contribution < -0.4 is 26.0 Å². The van der Waals surface area contributed by atoms with Crippen LogP contribution in [0.2, 0.25) is 0 Å². The number of urea groups is 1. The van der Waals surface area contributed by atoms with Crippen LogP contribution in [0.5, 0.6) is 5.75 Å². The second-order valence-corrected chi connectivity index (χ2v) is 8.56. The first-order valence-corrected chi connectivity index (χ1v) is 11.5. The van der Waals surface area contributed by atoms with E-state index in [-0.39, 0.29) is 24.4 Å². The maximum atomic E-state index is 11.8. The third-order valence-electron chi connectivity index (χ3n) is 6.23. The number of anilines is 1. The number of nitrogens with zero attached hydrogens (tertiary/aromatic N) is 2. The molecule has 3 aliphatic rings. The zero-order valence-electron chi connectivity index (χ0n) is 18.9. The third-order valence-corrected chi connectivity index (χ3v) is 6.23. The number of nitrogens with two attached hydrogens (primary N) is 1. The number of primary amides is 1. The van der Waals surface area contributed by atoms with Crippen molar-refractivity contribution in [2.75, 3.05) is 51.3 Å². The molecule has 3 saturated heterocycles. The van der Waals surface area contributed by atoms with Crippen LogP contribution in [-0.2, 0) is 4.79 Å². The van der Waals surface area contributed by atoms with Crippen LogP contribution in [0.1, 0.15) is 48.9 Å². The van der Waals surface area contributed by atoms with Crippen LogP contribution in [0.3, 0.4) is 0 Å². The van der Waals surface area contributed by atoms with E-state index < -0.39 is 11.9 Å². The van der Waals surface area contributed by atoms with Crippen LogP contribution in [0.25, 0.3) is 0 Å². The molecule has 176 valence electrons. The largest absolute Gasteiger partial charge is 0.495 e. The molecule has 0 radical (unpaired) electrons. The van der Waals surface area contributed by atoms with Gasteiger partial charge in [0.05, 0.1) is 12.8 Å². The molecular weight excluding hydrogens is 410 g/mol. The van der Waals surface area contributed by atoms with Gasteiger partial charge in [0.25, 0.3) is 0 Å². The molecule has 3 aliphatic heterocycles. The van der Waals surface area contributed by atoms with Crippen LogP contribution in [-0.4, -0.2) is 69.1 Å². The highest BCUT2D eigenvalue weighted by molar-refractivity contribution is 6.07. The smallest absolute Gasteiger partial charge is 0.328 e. The van der Waals surface area contributed by atoms with Crippen molar-refractivity contribution < 1.29 is 19.1 Å². The Morgan fingerprint density at radius 1 is 1.12 bits per heavy atom. The maximum Gasteiger partial charge on any atom is 0.328 e. The lowest BCUT2D eigenvalue weighted by molar-refractivity contribution is -0.120. The fraction of sp³-hybridized carbons (Fsp3) is 0.609. The number of hydrogen-bond donors (Lipinski definition) is 3. The van der Waals surface area contributed by atoms with E-state index in [1.807, 2.05) is 0 Å². The van der Waals surface area contributed by atoms with Crippen molar-refractivity contribution in [3.63, 3.8) is 0 Å². The normalized spacial score (nSPS) is 20.2. The lowest BCUT2D eigenvalue weighted by Crippen LogP contribution is -2.49. The first-order chi connectivity index (χ1) is 15.5. The molecule has 0 atom stereocenters. The standard InChI is InChI=1S/C12H13N3O4.C11H22N2/c1-19-9-3-2-7(11(13)17)6-8(9)15-5-4-10(16)14-12(15)18;1-2-8-13(9-3-1)10-11-4-6-12-7-5-11/h2-3,6H,4-5H2,1H3,(H2,13,17)(H,14,16,18);11-12H,1-10H2. The average Bonchev–Trinajstić information content (AvgIpc) is 2.80. The van der Waals surface area contributed by atoms with Gasteiger partial charge in [0.2, 0.25) is 11.8 Å². The molecular formula is C23H35N5O4. The van der Waals surface area contributed by atoms with Crippen LogP contribution in [0.4, 0.5) is 10.5 Å². The van der Waals surface area contributed by atoms with Crippen molar-refractivity contribution in [2.24, 2.45) is 11.7 Å². The number of ether oxygens (including phenoxy) is 1. The van der Waals surface area contributed by atoms with Gasteiger partial charge in [0, 0.05) is 25.1 Å². The minimum absolute atomic E-state index is 0.190. The number of carbonyl (C=O) groups excluding carboxylic acids is 3. The Labute approximate surface area is 189 Å². The SMILES string of the molecule is C1CCN(CC2CCNCC2)CC1.COc1ccc(C(N)=O)cc1N1CCC(=O)NC1=O. The lowest BCUT2D eigenvalue weighted by Gasteiger charge is -2.32. The first-order valence-electron chi connectivity index (χ1n) is 11.5. The number of nitrogens with one attached hydrogen (secondary N) is 2. The molecule has 0 spiro atoms. The van der Waals surface area contributed by atoms with Crippen molar-refractivity contribution in [3.8, 4) is 5.75 Å². The highest BCUT2D eigenvalue weighted by atomic mass is 16.5. The Bertz CT molecular complexity index is 788. The molecule has 3 fully saturated rings. The predicted molar refractivity (Wildman–Crippen MR) is 123 cm³/mol. The number of hydrogen-bond acceptors (Lipinski definition) is 6. The van der Waals surface area contributed by atoms with Gasteiger partial charge in [-0.3, -0.25) is 19.8 Å². The van der Waals surface area contributed by atoms with Gasteiger partial charge in [-0.25, -0.2) is 4.79 Å². The Morgan fingerprint density at radius 2 is 1.84 bits per heavy atom. The zero-order valence-corrected chi connectivity index (χ0v) is 18.9. The molecule has 0 unspecified atom stereocenters. The highest BCUT2D eigenvalue weighted by Gasteiger charge is 2.27. The second kappa shape index (κ2) is 11.8. The van der Waals surface area contributed by atoms with Crippen molar-refractivity contribution in [3.05, 3.63) is 23.8 Å². The average molecular weight is 446 g/mol. The molecule has 0 bridgehead atoms. The number of benzene rings is 1. The molecule has 0 saturated carbocycles. The summed E-state index contributed by atoms with van der Waals surface area (Å²) >= 11 is 0. The Morgan fingerprint density at radius 3 is 2.47 bits per heavy atom. The van der Waals surface area contributed by atoms with Crippen molar-refractivity contribution in [1.29, 1.82) is 0 Å². The van der Waals surface area contributed by atoms with E-state index in [1.165, 1.54) is 89.0 Å². The number of piperidine rings is 2. The maximum absolute atomic E-state index is 11.8. The van der Waals surface area contributed by atoms with E-state index in [0.29, 0.717) is 11.4 Å². The molecule has 4 amide bonds.